The number of fused-ring (bicyclic) bond motifs is 2. The molecule has 1 amide bonds. The second kappa shape index (κ2) is 6.55. The van der Waals surface area contributed by atoms with Crippen LogP contribution < -0.4 is 5.32 Å². The number of hydrogen-bond donors (Lipinski definition) is 1. The van der Waals surface area contributed by atoms with Crippen LogP contribution in [0.3, 0.4) is 0 Å². The number of aldehydes is 1. The molecule has 26 heavy (non-hydrogen) atoms. The molecule has 8 heteroatoms. The van der Waals surface area contributed by atoms with Gasteiger partial charge in [-0.05, 0) is 56.2 Å². The Balaban J connectivity index is 1.70. The second-order valence-electron chi connectivity index (χ2n) is 7.06. The van der Waals surface area contributed by atoms with E-state index in [1.165, 1.54) is 4.68 Å². The molecule has 2 bridgehead atoms. The normalized spacial score (nSPS) is 24.0. The van der Waals surface area contributed by atoms with Gasteiger partial charge in [-0.1, -0.05) is 34.8 Å². The van der Waals surface area contributed by atoms with Gasteiger partial charge in [-0.2, -0.15) is 5.10 Å². The minimum Gasteiger partial charge on any atom is -0.345 e. The van der Waals surface area contributed by atoms with Crippen molar-refractivity contribution in [2.75, 3.05) is 0 Å². The molecule has 1 heterocycles. The fraction of sp³-hybridized carbons (Fsp3) is 0.389. The van der Waals surface area contributed by atoms with Crippen LogP contribution in [0.2, 0.25) is 15.2 Å². The van der Waals surface area contributed by atoms with Gasteiger partial charge in [0, 0.05) is 10.6 Å². The Labute approximate surface area is 165 Å². The molecule has 2 fully saturated rings. The number of amides is 1. The molecule has 0 unspecified atom stereocenters. The van der Waals surface area contributed by atoms with Crippen molar-refractivity contribution in [3.63, 3.8) is 0 Å². The summed E-state index contributed by atoms with van der Waals surface area (Å²) in [5, 5.41) is 8.21. The highest BCUT2D eigenvalue weighted by Crippen LogP contribution is 2.47. The molecule has 5 nitrogen and oxygen atoms in total. The van der Waals surface area contributed by atoms with Crippen LogP contribution in [0.4, 0.5) is 0 Å². The van der Waals surface area contributed by atoms with Crippen LogP contribution in [0.1, 0.15) is 53.0 Å². The van der Waals surface area contributed by atoms with Gasteiger partial charge in [0.15, 0.2) is 12.0 Å². The fourth-order valence-corrected chi connectivity index (χ4v) is 4.91. The van der Waals surface area contributed by atoms with Gasteiger partial charge in [-0.15, -0.1) is 0 Å². The van der Waals surface area contributed by atoms with Crippen molar-refractivity contribution < 1.29 is 9.59 Å². The third-order valence-electron chi connectivity index (χ3n) is 5.45. The summed E-state index contributed by atoms with van der Waals surface area (Å²) in [6.45, 7) is 0. The number of carbonyl (C=O) groups is 2. The molecule has 2 aliphatic carbocycles. The SMILES string of the molecule is O=Cc1c(C(=O)NC23CCC(CC2)C3)nn(-c2ccc(Cl)cc2Cl)c1Cl. The van der Waals surface area contributed by atoms with Gasteiger partial charge in [0.25, 0.3) is 5.91 Å². The van der Waals surface area contributed by atoms with Crippen molar-refractivity contribution in [3.8, 4) is 5.69 Å². The number of halogens is 3. The molecule has 2 aliphatic rings. The first-order valence-electron chi connectivity index (χ1n) is 8.44. The summed E-state index contributed by atoms with van der Waals surface area (Å²) in [4.78, 5) is 24.4. The smallest absolute Gasteiger partial charge is 0.273 e. The summed E-state index contributed by atoms with van der Waals surface area (Å²) >= 11 is 18.4. The Hall–Kier alpha value is -1.56. The van der Waals surface area contributed by atoms with Gasteiger partial charge in [-0.25, -0.2) is 4.68 Å². The van der Waals surface area contributed by atoms with Crippen molar-refractivity contribution in [1.82, 2.24) is 15.1 Å². The Morgan fingerprint density at radius 2 is 2.00 bits per heavy atom. The summed E-state index contributed by atoms with van der Waals surface area (Å²) in [5.74, 6) is 0.315. The molecular weight excluding hydrogens is 397 g/mol. The second-order valence-corrected chi connectivity index (χ2v) is 8.26. The summed E-state index contributed by atoms with van der Waals surface area (Å²) in [6, 6.07) is 4.82. The monoisotopic (exact) mass is 411 g/mol. The molecule has 0 atom stereocenters. The lowest BCUT2D eigenvalue weighted by Crippen LogP contribution is -2.45. The number of aromatic nitrogens is 2. The number of nitrogens with one attached hydrogen (secondary N) is 1. The largest absolute Gasteiger partial charge is 0.345 e. The third-order valence-corrected chi connectivity index (χ3v) is 6.36. The maximum atomic E-state index is 12.8. The van der Waals surface area contributed by atoms with Crippen molar-refractivity contribution in [3.05, 3.63) is 44.7 Å². The summed E-state index contributed by atoms with van der Waals surface area (Å²) in [7, 11) is 0. The lowest BCUT2D eigenvalue weighted by Gasteiger charge is -2.27. The molecule has 2 aromatic rings. The van der Waals surface area contributed by atoms with Gasteiger partial charge in [-0.3, -0.25) is 9.59 Å². The van der Waals surface area contributed by atoms with Crippen molar-refractivity contribution in [2.45, 2.75) is 37.6 Å². The molecule has 136 valence electrons. The average molecular weight is 413 g/mol. The number of hydrogen-bond acceptors (Lipinski definition) is 3. The van der Waals surface area contributed by atoms with E-state index < -0.39 is 0 Å². The molecule has 1 aromatic carbocycles. The quantitative estimate of drug-likeness (QED) is 0.740. The van der Waals surface area contributed by atoms with Crippen molar-refractivity contribution in [2.24, 2.45) is 5.92 Å². The van der Waals surface area contributed by atoms with E-state index in [0.29, 0.717) is 27.9 Å². The van der Waals surface area contributed by atoms with E-state index in [0.717, 1.165) is 32.1 Å². The van der Waals surface area contributed by atoms with Crippen LogP contribution in [0.15, 0.2) is 18.2 Å². The highest BCUT2D eigenvalue weighted by Gasteiger charge is 2.46. The van der Waals surface area contributed by atoms with Crippen LogP contribution >= 0.6 is 34.8 Å². The van der Waals surface area contributed by atoms with E-state index in [4.69, 9.17) is 34.8 Å². The van der Waals surface area contributed by atoms with Gasteiger partial charge >= 0.3 is 0 Å². The Bertz CT molecular complexity index is 901. The molecule has 0 saturated heterocycles. The van der Waals surface area contributed by atoms with E-state index in [9.17, 15) is 9.59 Å². The van der Waals surface area contributed by atoms with Crippen LogP contribution in [0.5, 0.6) is 0 Å². The Kier molecular flexibility index (Phi) is 4.49. The zero-order valence-electron chi connectivity index (χ0n) is 13.8. The Morgan fingerprint density at radius 1 is 1.27 bits per heavy atom. The summed E-state index contributed by atoms with van der Waals surface area (Å²) in [5.41, 5.74) is 0.346. The predicted molar refractivity (Wildman–Crippen MR) is 101 cm³/mol. The number of nitrogens with zero attached hydrogens (tertiary/aromatic N) is 2. The number of rotatable bonds is 4. The van der Waals surface area contributed by atoms with Crippen LogP contribution in [-0.2, 0) is 0 Å². The number of benzene rings is 1. The molecule has 2 saturated carbocycles. The summed E-state index contributed by atoms with van der Waals surface area (Å²) < 4.78 is 1.29. The van der Waals surface area contributed by atoms with E-state index in [1.807, 2.05) is 0 Å². The Morgan fingerprint density at radius 3 is 2.58 bits per heavy atom. The first-order chi connectivity index (χ1) is 12.4. The van der Waals surface area contributed by atoms with E-state index in [1.54, 1.807) is 18.2 Å². The molecule has 0 aliphatic heterocycles. The lowest BCUT2D eigenvalue weighted by atomic mass is 9.93. The lowest BCUT2D eigenvalue weighted by molar-refractivity contribution is 0.0891. The molecule has 1 aromatic heterocycles. The molecule has 0 spiro atoms. The standard InChI is InChI=1S/C18H16Cl3N3O2/c19-11-1-2-14(13(20)7-11)24-16(21)12(9-25)15(23-24)17(26)22-18-5-3-10(8-18)4-6-18/h1-2,7,9-10H,3-6,8H2,(H,22,26). The van der Waals surface area contributed by atoms with Gasteiger partial charge in [0.2, 0.25) is 0 Å². The van der Waals surface area contributed by atoms with Crippen LogP contribution in [-0.4, -0.2) is 27.5 Å². The maximum absolute atomic E-state index is 12.8. The van der Waals surface area contributed by atoms with E-state index >= 15 is 0 Å². The third kappa shape index (κ3) is 2.92. The molecule has 0 radical (unpaired) electrons. The number of carbonyl (C=O) groups excluding carboxylic acids is 2. The predicted octanol–water partition coefficient (Wildman–Crippen LogP) is 4.71. The summed E-state index contributed by atoms with van der Waals surface area (Å²) in [6.07, 6.45) is 5.75. The fourth-order valence-electron chi connectivity index (χ4n) is 4.16. The highest BCUT2D eigenvalue weighted by molar-refractivity contribution is 6.36. The van der Waals surface area contributed by atoms with Crippen LogP contribution in [0.25, 0.3) is 5.69 Å². The van der Waals surface area contributed by atoms with Crippen LogP contribution in [0, 0.1) is 5.92 Å². The van der Waals surface area contributed by atoms with Gasteiger partial charge in [0.1, 0.15) is 5.15 Å². The minimum atomic E-state index is -0.375. The maximum Gasteiger partial charge on any atom is 0.273 e. The van der Waals surface area contributed by atoms with Gasteiger partial charge < -0.3 is 5.32 Å². The average Bonchev–Trinajstić information content (AvgIpc) is 3.27. The minimum absolute atomic E-state index is 0.0146. The first-order valence-corrected chi connectivity index (χ1v) is 9.57. The first kappa shape index (κ1) is 17.8. The zero-order chi connectivity index (χ0) is 18.5. The van der Waals surface area contributed by atoms with Gasteiger partial charge in [0.05, 0.1) is 16.3 Å². The van der Waals surface area contributed by atoms with E-state index in [-0.39, 0.29) is 27.9 Å². The van der Waals surface area contributed by atoms with E-state index in [2.05, 4.69) is 10.4 Å². The molecule has 1 N–H and O–H groups in total. The zero-order valence-corrected chi connectivity index (χ0v) is 16.0. The topological polar surface area (TPSA) is 64.0 Å². The molecular formula is C18H16Cl3N3O2. The van der Waals surface area contributed by atoms with Crippen molar-refractivity contribution in [1.29, 1.82) is 0 Å². The molecule has 4 rings (SSSR count). The van der Waals surface area contributed by atoms with Crippen molar-refractivity contribution >= 4 is 47.0 Å². The highest BCUT2D eigenvalue weighted by atomic mass is 35.5.